The van der Waals surface area contributed by atoms with E-state index in [0.29, 0.717) is 25.7 Å². The number of fused-ring (bicyclic) bond motifs is 1. The van der Waals surface area contributed by atoms with E-state index in [1.807, 2.05) is 42.5 Å². The van der Waals surface area contributed by atoms with Crippen LogP contribution in [0.2, 0.25) is 0 Å². The number of carbonyl (C=O) groups excluding carboxylic acids is 2. The zero-order valence-corrected chi connectivity index (χ0v) is 15.8. The Bertz CT molecular complexity index is 791. The van der Waals surface area contributed by atoms with Gasteiger partial charge in [-0.05, 0) is 37.0 Å². The van der Waals surface area contributed by atoms with Crippen LogP contribution in [0, 0.1) is 0 Å². The first kappa shape index (κ1) is 19.0. The molecule has 0 saturated carbocycles. The number of aryl methyl sites for hydroxylation is 1. The van der Waals surface area contributed by atoms with Crippen molar-refractivity contribution < 1.29 is 9.59 Å². The van der Waals surface area contributed by atoms with E-state index in [-0.39, 0.29) is 12.3 Å². The zero-order valence-electron chi connectivity index (χ0n) is 15.8. The zero-order chi connectivity index (χ0) is 19.2. The number of hydrogen-bond donors (Lipinski definition) is 1. The van der Waals surface area contributed by atoms with Crippen molar-refractivity contribution >= 4 is 17.5 Å². The van der Waals surface area contributed by atoms with Gasteiger partial charge in [-0.25, -0.2) is 0 Å². The van der Waals surface area contributed by atoms with Gasteiger partial charge in [-0.1, -0.05) is 48.5 Å². The Morgan fingerprint density at radius 3 is 2.56 bits per heavy atom. The molecule has 2 aromatic carbocycles. The number of benzene rings is 2. The third-order valence-corrected chi connectivity index (χ3v) is 5.17. The lowest BCUT2D eigenvalue weighted by Crippen LogP contribution is -2.46. The lowest BCUT2D eigenvalue weighted by atomic mass is 9.96. The van der Waals surface area contributed by atoms with Crippen LogP contribution < -0.4 is 10.6 Å². The molecule has 142 valence electrons. The van der Waals surface area contributed by atoms with Crippen LogP contribution in [0.5, 0.6) is 0 Å². The molecule has 2 N–H and O–H groups in total. The molecule has 5 heteroatoms. The normalized spacial score (nSPS) is 15.9. The van der Waals surface area contributed by atoms with Gasteiger partial charge in [-0.3, -0.25) is 9.59 Å². The molecular formula is C22H27N3O2. The summed E-state index contributed by atoms with van der Waals surface area (Å²) >= 11 is 0. The molecule has 0 radical (unpaired) electrons. The molecule has 27 heavy (non-hydrogen) atoms. The summed E-state index contributed by atoms with van der Waals surface area (Å²) in [6, 6.07) is 18.4. The van der Waals surface area contributed by atoms with Gasteiger partial charge in [0.2, 0.25) is 11.8 Å². The van der Waals surface area contributed by atoms with Gasteiger partial charge in [0.15, 0.2) is 0 Å². The fraction of sp³-hybridized carbons (Fsp3) is 0.364. The van der Waals surface area contributed by atoms with E-state index in [1.165, 1.54) is 5.56 Å². The highest BCUT2D eigenvalue weighted by molar-refractivity contribution is 5.83. The Morgan fingerprint density at radius 1 is 1.11 bits per heavy atom. The van der Waals surface area contributed by atoms with Gasteiger partial charge in [-0.15, -0.1) is 0 Å². The second-order valence-corrected chi connectivity index (χ2v) is 7.16. The first-order valence-electron chi connectivity index (χ1n) is 9.49. The van der Waals surface area contributed by atoms with E-state index >= 15 is 0 Å². The highest BCUT2D eigenvalue weighted by Crippen LogP contribution is 2.30. The summed E-state index contributed by atoms with van der Waals surface area (Å²) in [6.45, 7) is 3.29. The predicted molar refractivity (Wildman–Crippen MR) is 107 cm³/mol. The molecule has 0 bridgehead atoms. The van der Waals surface area contributed by atoms with Crippen molar-refractivity contribution in [3.05, 3.63) is 65.7 Å². The largest absolute Gasteiger partial charge is 0.370 e. The van der Waals surface area contributed by atoms with Crippen molar-refractivity contribution in [1.82, 2.24) is 4.90 Å². The van der Waals surface area contributed by atoms with Gasteiger partial charge in [0, 0.05) is 31.2 Å². The molecule has 2 aromatic rings. The van der Waals surface area contributed by atoms with Crippen molar-refractivity contribution in [3.63, 3.8) is 0 Å². The monoisotopic (exact) mass is 365 g/mol. The van der Waals surface area contributed by atoms with E-state index in [1.54, 1.807) is 4.90 Å². The summed E-state index contributed by atoms with van der Waals surface area (Å²) < 4.78 is 0. The second kappa shape index (κ2) is 8.71. The molecule has 0 saturated heterocycles. The van der Waals surface area contributed by atoms with Gasteiger partial charge in [0.25, 0.3) is 0 Å². The highest BCUT2D eigenvalue weighted by atomic mass is 16.2. The van der Waals surface area contributed by atoms with Crippen molar-refractivity contribution in [2.45, 2.75) is 38.8 Å². The van der Waals surface area contributed by atoms with Crippen LogP contribution in [0.3, 0.4) is 0 Å². The van der Waals surface area contributed by atoms with Crippen LogP contribution >= 0.6 is 0 Å². The molecule has 3 rings (SSSR count). The summed E-state index contributed by atoms with van der Waals surface area (Å²) in [5, 5.41) is 0. The van der Waals surface area contributed by atoms with Crippen LogP contribution in [0.1, 0.15) is 30.9 Å². The van der Waals surface area contributed by atoms with Crippen LogP contribution in [0.4, 0.5) is 5.69 Å². The lowest BCUT2D eigenvalue weighted by molar-refractivity contribution is -0.131. The van der Waals surface area contributed by atoms with Crippen molar-refractivity contribution in [3.8, 4) is 0 Å². The number of nitrogens with zero attached hydrogens (tertiary/aromatic N) is 2. The average molecular weight is 365 g/mol. The van der Waals surface area contributed by atoms with Gasteiger partial charge < -0.3 is 15.5 Å². The first-order valence-corrected chi connectivity index (χ1v) is 9.49. The summed E-state index contributed by atoms with van der Waals surface area (Å²) in [7, 11) is 0. The summed E-state index contributed by atoms with van der Waals surface area (Å²) in [4.78, 5) is 28.3. The minimum Gasteiger partial charge on any atom is -0.370 e. The van der Waals surface area contributed by atoms with Gasteiger partial charge in [0.1, 0.15) is 0 Å². The van der Waals surface area contributed by atoms with Gasteiger partial charge in [-0.2, -0.15) is 0 Å². The highest BCUT2D eigenvalue weighted by Gasteiger charge is 2.26. The Balaban J connectivity index is 1.76. The van der Waals surface area contributed by atoms with Gasteiger partial charge >= 0.3 is 0 Å². The SMILES string of the molecule is C[C@@H]1CCc2ccccc2N1CC(=O)N(CCC(N)=O)Cc1ccccc1. The number of amides is 2. The quantitative estimate of drug-likeness (QED) is 0.820. The first-order chi connectivity index (χ1) is 13.0. The average Bonchev–Trinajstić information content (AvgIpc) is 2.68. The molecule has 0 unspecified atom stereocenters. The smallest absolute Gasteiger partial charge is 0.242 e. The number of anilines is 1. The third-order valence-electron chi connectivity index (χ3n) is 5.17. The molecule has 1 aliphatic heterocycles. The van der Waals surface area contributed by atoms with Crippen molar-refractivity contribution in [1.29, 1.82) is 0 Å². The van der Waals surface area contributed by atoms with Crippen LogP contribution in [0.25, 0.3) is 0 Å². The summed E-state index contributed by atoms with van der Waals surface area (Å²) in [5.41, 5.74) is 8.79. The van der Waals surface area contributed by atoms with E-state index < -0.39 is 5.91 Å². The summed E-state index contributed by atoms with van der Waals surface area (Å²) in [6.07, 6.45) is 2.24. The van der Waals surface area contributed by atoms with Crippen molar-refractivity contribution in [2.24, 2.45) is 5.73 Å². The Morgan fingerprint density at radius 2 is 1.81 bits per heavy atom. The molecular weight excluding hydrogens is 338 g/mol. The Hall–Kier alpha value is -2.82. The molecule has 5 nitrogen and oxygen atoms in total. The molecule has 2 amide bonds. The molecule has 1 heterocycles. The van der Waals surface area contributed by atoms with Crippen molar-refractivity contribution in [2.75, 3.05) is 18.0 Å². The van der Waals surface area contributed by atoms with E-state index in [9.17, 15) is 9.59 Å². The van der Waals surface area contributed by atoms with E-state index in [4.69, 9.17) is 5.73 Å². The number of primary amides is 1. The Labute approximate surface area is 160 Å². The second-order valence-electron chi connectivity index (χ2n) is 7.16. The van der Waals surface area contributed by atoms with E-state index in [0.717, 1.165) is 24.1 Å². The number of nitrogens with two attached hydrogens (primary N) is 1. The lowest BCUT2D eigenvalue weighted by Gasteiger charge is -2.38. The number of rotatable bonds is 7. The Kier molecular flexibility index (Phi) is 6.12. The van der Waals surface area contributed by atoms with Crippen LogP contribution in [-0.2, 0) is 22.6 Å². The third kappa shape index (κ3) is 4.88. The number of para-hydroxylation sites is 1. The maximum atomic E-state index is 13.1. The molecule has 1 aliphatic rings. The number of hydrogen-bond acceptors (Lipinski definition) is 3. The maximum Gasteiger partial charge on any atom is 0.242 e. The molecule has 0 fully saturated rings. The maximum absolute atomic E-state index is 13.1. The topological polar surface area (TPSA) is 66.6 Å². The minimum absolute atomic E-state index is 0.0173. The molecule has 0 aliphatic carbocycles. The van der Waals surface area contributed by atoms with E-state index in [2.05, 4.69) is 24.0 Å². The van der Waals surface area contributed by atoms with Gasteiger partial charge in [0.05, 0.1) is 6.54 Å². The standard InChI is InChI=1S/C22H27N3O2/c1-17-11-12-19-9-5-6-10-20(19)25(17)16-22(27)24(14-13-21(23)26)15-18-7-3-2-4-8-18/h2-10,17H,11-16H2,1H3,(H2,23,26)/t17-/m1/s1. The molecule has 1 atom stereocenters. The minimum atomic E-state index is -0.391. The summed E-state index contributed by atoms with van der Waals surface area (Å²) in [5.74, 6) is -0.374. The van der Waals surface area contributed by atoms with Crippen LogP contribution in [0.15, 0.2) is 54.6 Å². The molecule has 0 spiro atoms. The number of carbonyl (C=O) groups is 2. The fourth-order valence-electron chi connectivity index (χ4n) is 3.59. The predicted octanol–water partition coefficient (Wildman–Crippen LogP) is 2.73. The van der Waals surface area contributed by atoms with Crippen LogP contribution in [-0.4, -0.2) is 35.8 Å². The molecule has 0 aromatic heterocycles. The fourth-order valence-corrected chi connectivity index (χ4v) is 3.59.